The molecule has 1 atom stereocenters. The van der Waals surface area contributed by atoms with Gasteiger partial charge in [-0.15, -0.1) is 0 Å². The van der Waals surface area contributed by atoms with Gasteiger partial charge in [0.25, 0.3) is 0 Å². The normalized spacial score (nSPS) is 18.3. The van der Waals surface area contributed by atoms with E-state index in [1.54, 1.807) is 0 Å². The topological polar surface area (TPSA) is 24.4 Å². The average molecular weight is 236 g/mol. The first-order chi connectivity index (χ1) is 8.84. The van der Waals surface area contributed by atoms with E-state index in [-0.39, 0.29) is 0 Å². The molecule has 1 aliphatic rings. The molecule has 0 saturated carbocycles. The second-order valence-electron chi connectivity index (χ2n) is 4.67. The van der Waals surface area contributed by atoms with Crippen molar-refractivity contribution < 1.29 is 0 Å². The Morgan fingerprint density at radius 1 is 1.00 bits per heavy atom. The van der Waals surface area contributed by atoms with Gasteiger partial charge in [-0.2, -0.15) is 5.10 Å². The molecule has 0 fully saturated rings. The number of hydrazone groups is 1. The van der Waals surface area contributed by atoms with Crippen molar-refractivity contribution >= 4 is 5.71 Å². The number of rotatable bonds is 2. The molecule has 0 amide bonds. The highest BCUT2D eigenvalue weighted by Crippen LogP contribution is 2.26. The summed E-state index contributed by atoms with van der Waals surface area (Å²) in [7, 11) is 0. The maximum atomic E-state index is 4.47. The highest BCUT2D eigenvalue weighted by molar-refractivity contribution is 6.01. The second-order valence-corrected chi connectivity index (χ2v) is 4.67. The summed E-state index contributed by atoms with van der Waals surface area (Å²) >= 11 is 0. The third-order valence-corrected chi connectivity index (χ3v) is 3.42. The zero-order chi connectivity index (χ0) is 12.4. The summed E-state index contributed by atoms with van der Waals surface area (Å²) in [4.78, 5) is 0. The molecule has 1 N–H and O–H groups in total. The SMILES string of the molecule is Cc1ccccc1C1CC(c2ccccc2)=NN1. The molecule has 2 aromatic rings. The Hall–Kier alpha value is -2.09. The van der Waals surface area contributed by atoms with Gasteiger partial charge in [0.05, 0.1) is 11.8 Å². The first kappa shape index (κ1) is 11.0. The minimum atomic E-state index is 0.307. The third kappa shape index (κ3) is 2.02. The van der Waals surface area contributed by atoms with Gasteiger partial charge in [-0.05, 0) is 23.6 Å². The zero-order valence-corrected chi connectivity index (χ0v) is 10.4. The molecule has 0 aromatic heterocycles. The van der Waals surface area contributed by atoms with Crippen LogP contribution in [0.5, 0.6) is 0 Å². The standard InChI is InChI=1S/C16H16N2/c1-12-7-5-6-10-14(12)16-11-15(17-18-16)13-8-3-2-4-9-13/h2-10,16,18H,11H2,1H3. The summed E-state index contributed by atoms with van der Waals surface area (Å²) in [6.45, 7) is 2.15. The Kier molecular flexibility index (Phi) is 2.85. The van der Waals surface area contributed by atoms with E-state index >= 15 is 0 Å². The van der Waals surface area contributed by atoms with Gasteiger partial charge in [-0.3, -0.25) is 0 Å². The summed E-state index contributed by atoms with van der Waals surface area (Å²) in [5.41, 5.74) is 8.26. The van der Waals surface area contributed by atoms with Crippen molar-refractivity contribution in [1.82, 2.24) is 5.43 Å². The van der Waals surface area contributed by atoms with E-state index in [1.165, 1.54) is 16.7 Å². The number of hydrogen-bond donors (Lipinski definition) is 1. The molecule has 1 unspecified atom stereocenters. The maximum absolute atomic E-state index is 4.47. The van der Waals surface area contributed by atoms with E-state index in [4.69, 9.17) is 0 Å². The minimum Gasteiger partial charge on any atom is -0.302 e. The van der Waals surface area contributed by atoms with Crippen LogP contribution in [0.3, 0.4) is 0 Å². The Balaban J connectivity index is 1.81. The predicted molar refractivity (Wildman–Crippen MR) is 74.7 cm³/mol. The summed E-state index contributed by atoms with van der Waals surface area (Å²) < 4.78 is 0. The molecule has 0 bridgehead atoms. The predicted octanol–water partition coefficient (Wildman–Crippen LogP) is 3.43. The Morgan fingerprint density at radius 2 is 1.72 bits per heavy atom. The van der Waals surface area contributed by atoms with Crippen LogP contribution in [0.1, 0.15) is 29.2 Å². The molecule has 2 nitrogen and oxygen atoms in total. The van der Waals surface area contributed by atoms with E-state index in [1.807, 2.05) is 6.07 Å². The Labute approximate surface area is 107 Å². The van der Waals surface area contributed by atoms with Crippen LogP contribution in [0.4, 0.5) is 0 Å². The lowest BCUT2D eigenvalue weighted by atomic mass is 9.96. The van der Waals surface area contributed by atoms with Crippen LogP contribution in [0.25, 0.3) is 0 Å². The monoisotopic (exact) mass is 236 g/mol. The Bertz CT molecular complexity index is 573. The highest BCUT2D eigenvalue weighted by atomic mass is 15.3. The van der Waals surface area contributed by atoms with Crippen molar-refractivity contribution in [2.45, 2.75) is 19.4 Å². The second kappa shape index (κ2) is 4.65. The fourth-order valence-corrected chi connectivity index (χ4v) is 2.41. The molecule has 1 aliphatic heterocycles. The van der Waals surface area contributed by atoms with Crippen molar-refractivity contribution in [3.63, 3.8) is 0 Å². The van der Waals surface area contributed by atoms with E-state index in [0.29, 0.717) is 6.04 Å². The first-order valence-electron chi connectivity index (χ1n) is 6.27. The molecule has 0 saturated heterocycles. The van der Waals surface area contributed by atoms with Crippen molar-refractivity contribution in [3.05, 3.63) is 71.3 Å². The van der Waals surface area contributed by atoms with Crippen LogP contribution < -0.4 is 5.43 Å². The van der Waals surface area contributed by atoms with Gasteiger partial charge in [0.15, 0.2) is 0 Å². The first-order valence-corrected chi connectivity index (χ1v) is 6.27. The lowest BCUT2D eigenvalue weighted by Crippen LogP contribution is -2.11. The lowest BCUT2D eigenvalue weighted by molar-refractivity contribution is 0.616. The van der Waals surface area contributed by atoms with Gasteiger partial charge < -0.3 is 5.43 Å². The highest BCUT2D eigenvalue weighted by Gasteiger charge is 2.21. The molecule has 2 heteroatoms. The van der Waals surface area contributed by atoms with Crippen LogP contribution in [0, 0.1) is 6.92 Å². The van der Waals surface area contributed by atoms with E-state index in [0.717, 1.165) is 12.1 Å². The van der Waals surface area contributed by atoms with Crippen LogP contribution in [0.2, 0.25) is 0 Å². The number of nitrogens with one attached hydrogen (secondary N) is 1. The van der Waals surface area contributed by atoms with Gasteiger partial charge >= 0.3 is 0 Å². The van der Waals surface area contributed by atoms with E-state index < -0.39 is 0 Å². The van der Waals surface area contributed by atoms with Crippen molar-refractivity contribution in [3.8, 4) is 0 Å². The molecule has 1 heterocycles. The van der Waals surface area contributed by atoms with Gasteiger partial charge in [-0.25, -0.2) is 0 Å². The third-order valence-electron chi connectivity index (χ3n) is 3.42. The molecule has 0 spiro atoms. The van der Waals surface area contributed by atoms with Crippen molar-refractivity contribution in [2.24, 2.45) is 5.10 Å². The van der Waals surface area contributed by atoms with E-state index in [2.05, 4.69) is 66.0 Å². The lowest BCUT2D eigenvalue weighted by Gasteiger charge is -2.12. The van der Waals surface area contributed by atoms with Crippen molar-refractivity contribution in [1.29, 1.82) is 0 Å². The summed E-state index contributed by atoms with van der Waals surface area (Å²) in [5, 5.41) is 4.47. The van der Waals surface area contributed by atoms with Crippen LogP contribution in [0.15, 0.2) is 59.7 Å². The fraction of sp³-hybridized carbons (Fsp3) is 0.188. The average Bonchev–Trinajstić information content (AvgIpc) is 2.90. The molecule has 18 heavy (non-hydrogen) atoms. The quantitative estimate of drug-likeness (QED) is 0.848. The van der Waals surface area contributed by atoms with Gasteiger partial charge in [-0.1, -0.05) is 54.6 Å². The summed E-state index contributed by atoms with van der Waals surface area (Å²) in [6, 6.07) is 19.2. The van der Waals surface area contributed by atoms with Crippen LogP contribution in [-0.2, 0) is 0 Å². The molecule has 3 rings (SSSR count). The number of benzene rings is 2. The van der Waals surface area contributed by atoms with Crippen LogP contribution in [-0.4, -0.2) is 5.71 Å². The van der Waals surface area contributed by atoms with Gasteiger partial charge in [0.2, 0.25) is 0 Å². The molecular formula is C16H16N2. The fourth-order valence-electron chi connectivity index (χ4n) is 2.41. The number of nitrogens with zero attached hydrogens (tertiary/aromatic N) is 1. The Morgan fingerprint density at radius 3 is 2.50 bits per heavy atom. The molecule has 2 aromatic carbocycles. The summed E-state index contributed by atoms with van der Waals surface area (Å²) in [5.74, 6) is 0. The minimum absolute atomic E-state index is 0.307. The molecule has 0 aliphatic carbocycles. The molecular weight excluding hydrogens is 220 g/mol. The van der Waals surface area contributed by atoms with Gasteiger partial charge in [0, 0.05) is 6.42 Å². The van der Waals surface area contributed by atoms with Crippen molar-refractivity contribution in [2.75, 3.05) is 0 Å². The zero-order valence-electron chi connectivity index (χ0n) is 10.4. The number of hydrogen-bond acceptors (Lipinski definition) is 2. The van der Waals surface area contributed by atoms with E-state index in [9.17, 15) is 0 Å². The summed E-state index contributed by atoms with van der Waals surface area (Å²) in [6.07, 6.45) is 0.953. The largest absolute Gasteiger partial charge is 0.302 e. The number of aryl methyl sites for hydroxylation is 1. The molecule has 90 valence electrons. The smallest absolute Gasteiger partial charge is 0.0748 e. The maximum Gasteiger partial charge on any atom is 0.0748 e. The molecule has 0 radical (unpaired) electrons. The van der Waals surface area contributed by atoms with Gasteiger partial charge in [0.1, 0.15) is 0 Å². The van der Waals surface area contributed by atoms with Crippen LogP contribution >= 0.6 is 0 Å².